The molecule has 0 aromatic carbocycles. The summed E-state index contributed by atoms with van der Waals surface area (Å²) in [6, 6.07) is 3.10. The van der Waals surface area contributed by atoms with Crippen LogP contribution in [0.15, 0.2) is 28.0 Å². The van der Waals surface area contributed by atoms with Crippen LogP contribution in [0.5, 0.6) is 0 Å². The van der Waals surface area contributed by atoms with E-state index in [-0.39, 0.29) is 0 Å². The fourth-order valence-electron chi connectivity index (χ4n) is 3.01. The number of hydrogen-bond donors (Lipinski definition) is 1. The highest BCUT2D eigenvalue weighted by atomic mass is 32.2. The molecule has 120 valence electrons. The molecular formula is C16H24N4S2. The molecule has 2 aromatic heterocycles. The lowest BCUT2D eigenvalue weighted by molar-refractivity contribution is 0.276. The van der Waals surface area contributed by atoms with Crippen LogP contribution in [0.2, 0.25) is 0 Å². The Kier molecular flexibility index (Phi) is 4.92. The van der Waals surface area contributed by atoms with E-state index in [2.05, 4.69) is 54.0 Å². The molecule has 0 bridgehead atoms. The highest BCUT2D eigenvalue weighted by molar-refractivity contribution is 8.01. The van der Waals surface area contributed by atoms with E-state index in [9.17, 15) is 0 Å². The minimum Gasteiger partial charge on any atom is -0.308 e. The summed E-state index contributed by atoms with van der Waals surface area (Å²) >= 11 is 3.89. The van der Waals surface area contributed by atoms with Gasteiger partial charge in [0.25, 0.3) is 0 Å². The Hall–Kier alpha value is -0.820. The Morgan fingerprint density at radius 2 is 2.32 bits per heavy atom. The molecule has 22 heavy (non-hydrogen) atoms. The second-order valence-corrected chi connectivity index (χ2v) is 8.84. The summed E-state index contributed by atoms with van der Waals surface area (Å²) in [6.45, 7) is 3.27. The molecule has 0 saturated heterocycles. The van der Waals surface area contributed by atoms with E-state index in [0.717, 1.165) is 6.54 Å². The number of hydrogen-bond acceptors (Lipinski definition) is 5. The van der Waals surface area contributed by atoms with Crippen LogP contribution in [0.4, 0.5) is 0 Å². The van der Waals surface area contributed by atoms with Crippen LogP contribution in [0.25, 0.3) is 0 Å². The average molecular weight is 337 g/mol. The molecule has 0 fully saturated rings. The highest BCUT2D eigenvalue weighted by Crippen LogP contribution is 2.43. The van der Waals surface area contributed by atoms with Crippen LogP contribution in [-0.4, -0.2) is 40.6 Å². The van der Waals surface area contributed by atoms with Crippen LogP contribution in [0.1, 0.15) is 36.6 Å². The quantitative estimate of drug-likeness (QED) is 0.908. The molecule has 0 radical (unpaired) electrons. The van der Waals surface area contributed by atoms with Gasteiger partial charge in [-0.05, 0) is 37.5 Å². The highest BCUT2D eigenvalue weighted by Gasteiger charge is 2.27. The number of likely N-dealkylation sites (N-methyl/N-ethyl adjacent to an activating group) is 1. The van der Waals surface area contributed by atoms with E-state index >= 15 is 0 Å². The van der Waals surface area contributed by atoms with E-state index in [1.54, 1.807) is 0 Å². The zero-order valence-corrected chi connectivity index (χ0v) is 15.2. The van der Waals surface area contributed by atoms with Crippen molar-refractivity contribution in [2.75, 3.05) is 20.6 Å². The Bertz CT molecular complexity index is 619. The number of nitrogens with one attached hydrogen (secondary N) is 1. The van der Waals surface area contributed by atoms with Gasteiger partial charge in [-0.3, -0.25) is 4.68 Å². The maximum absolute atomic E-state index is 4.31. The van der Waals surface area contributed by atoms with Crippen LogP contribution >= 0.6 is 23.1 Å². The maximum Gasteiger partial charge on any atom is 0.0649 e. The lowest BCUT2D eigenvalue weighted by Crippen LogP contribution is -2.34. The molecule has 3 atom stereocenters. The Morgan fingerprint density at radius 3 is 3.00 bits per heavy atom. The normalized spacial score (nSPS) is 22.8. The molecule has 2 unspecified atom stereocenters. The number of aryl methyl sites for hydroxylation is 1. The molecule has 1 aliphatic heterocycles. The largest absolute Gasteiger partial charge is 0.308 e. The first-order valence-corrected chi connectivity index (χ1v) is 9.43. The molecule has 1 aliphatic rings. The number of aromatic nitrogens is 2. The van der Waals surface area contributed by atoms with Crippen molar-refractivity contribution >= 4 is 23.1 Å². The van der Waals surface area contributed by atoms with E-state index in [0.29, 0.717) is 17.3 Å². The fraction of sp³-hybridized carbons (Fsp3) is 0.562. The molecule has 2 aromatic rings. The minimum atomic E-state index is 0.348. The average Bonchev–Trinajstić information content (AvgIpc) is 3.07. The topological polar surface area (TPSA) is 33.1 Å². The first kappa shape index (κ1) is 16.1. The smallest absolute Gasteiger partial charge is 0.0649 e. The lowest BCUT2D eigenvalue weighted by atomic mass is 10.0. The summed E-state index contributed by atoms with van der Waals surface area (Å²) in [6.07, 6.45) is 5.28. The lowest BCUT2D eigenvalue weighted by Gasteiger charge is -2.31. The summed E-state index contributed by atoms with van der Waals surface area (Å²) in [4.78, 5) is 2.26. The minimum absolute atomic E-state index is 0.348. The van der Waals surface area contributed by atoms with Gasteiger partial charge in [0.05, 0.1) is 10.4 Å². The van der Waals surface area contributed by atoms with Gasteiger partial charge in [0.2, 0.25) is 0 Å². The Morgan fingerprint density at radius 1 is 1.50 bits per heavy atom. The van der Waals surface area contributed by atoms with Gasteiger partial charge in [0, 0.05) is 42.7 Å². The molecule has 1 N–H and O–H groups in total. The zero-order valence-electron chi connectivity index (χ0n) is 13.6. The molecule has 0 spiro atoms. The van der Waals surface area contributed by atoms with Crippen molar-refractivity contribution in [3.05, 3.63) is 35.0 Å². The molecule has 0 amide bonds. The van der Waals surface area contributed by atoms with Crippen molar-refractivity contribution in [2.24, 2.45) is 7.05 Å². The van der Waals surface area contributed by atoms with E-state index < -0.39 is 0 Å². The second kappa shape index (κ2) is 6.74. The van der Waals surface area contributed by atoms with Gasteiger partial charge in [0.1, 0.15) is 0 Å². The third-order valence-electron chi connectivity index (χ3n) is 4.20. The summed E-state index contributed by atoms with van der Waals surface area (Å²) in [5.41, 5.74) is 2.75. The SMILES string of the molecule is C[C@H]1CC(NCC(c2cnn(C)c2)N(C)C)c2ccsc2S1. The summed E-state index contributed by atoms with van der Waals surface area (Å²) in [7, 11) is 6.24. The van der Waals surface area contributed by atoms with Gasteiger partial charge in [-0.2, -0.15) is 5.10 Å². The van der Waals surface area contributed by atoms with E-state index in [1.165, 1.54) is 21.8 Å². The number of thiophene rings is 1. The molecular weight excluding hydrogens is 312 g/mol. The van der Waals surface area contributed by atoms with Crippen LogP contribution in [0.3, 0.4) is 0 Å². The zero-order chi connectivity index (χ0) is 15.7. The number of fused-ring (bicyclic) bond motifs is 1. The first-order valence-electron chi connectivity index (χ1n) is 7.67. The molecule has 0 saturated carbocycles. The van der Waals surface area contributed by atoms with Gasteiger partial charge in [0.15, 0.2) is 0 Å². The predicted molar refractivity (Wildman–Crippen MR) is 94.6 cm³/mol. The van der Waals surface area contributed by atoms with Gasteiger partial charge < -0.3 is 10.2 Å². The second-order valence-electron chi connectivity index (χ2n) is 6.22. The Balaban J connectivity index is 1.71. The fourth-order valence-corrected chi connectivity index (χ4v) is 5.57. The van der Waals surface area contributed by atoms with Gasteiger partial charge in [-0.1, -0.05) is 6.92 Å². The maximum atomic E-state index is 4.31. The summed E-state index contributed by atoms with van der Waals surface area (Å²) < 4.78 is 3.36. The van der Waals surface area contributed by atoms with Crippen molar-refractivity contribution in [3.8, 4) is 0 Å². The monoisotopic (exact) mass is 336 g/mol. The summed E-state index contributed by atoms with van der Waals surface area (Å²) in [5.74, 6) is 0. The van der Waals surface area contributed by atoms with Crippen molar-refractivity contribution in [3.63, 3.8) is 0 Å². The number of rotatable bonds is 5. The van der Waals surface area contributed by atoms with Gasteiger partial charge in [-0.15, -0.1) is 23.1 Å². The van der Waals surface area contributed by atoms with Crippen molar-refractivity contribution in [1.29, 1.82) is 0 Å². The number of nitrogens with zero attached hydrogens (tertiary/aromatic N) is 3. The van der Waals surface area contributed by atoms with Crippen molar-refractivity contribution in [1.82, 2.24) is 20.0 Å². The number of thioether (sulfide) groups is 1. The van der Waals surface area contributed by atoms with E-state index in [4.69, 9.17) is 0 Å². The summed E-state index contributed by atoms with van der Waals surface area (Å²) in [5, 5.41) is 11.0. The first-order chi connectivity index (χ1) is 10.5. The van der Waals surface area contributed by atoms with Crippen LogP contribution < -0.4 is 5.32 Å². The van der Waals surface area contributed by atoms with Gasteiger partial charge >= 0.3 is 0 Å². The van der Waals surface area contributed by atoms with E-state index in [1.807, 2.05) is 41.0 Å². The molecule has 4 nitrogen and oxygen atoms in total. The van der Waals surface area contributed by atoms with Crippen molar-refractivity contribution in [2.45, 2.75) is 34.9 Å². The van der Waals surface area contributed by atoms with Gasteiger partial charge in [-0.25, -0.2) is 0 Å². The Labute approximate surface area is 140 Å². The molecule has 3 rings (SSSR count). The van der Waals surface area contributed by atoms with Crippen molar-refractivity contribution < 1.29 is 0 Å². The predicted octanol–water partition coefficient (Wildman–Crippen LogP) is 3.30. The third-order valence-corrected chi connectivity index (χ3v) is 6.54. The third kappa shape index (κ3) is 3.40. The molecule has 3 heterocycles. The standard InChI is InChI=1S/C16H24N4S2/c1-11-7-14(13-5-6-21-16(13)22-11)17-9-15(19(2)3)12-8-18-20(4)10-12/h5-6,8,10-11,14-15,17H,7,9H2,1-4H3/t11-,14?,15?/m0/s1. The van der Waals surface area contributed by atoms with Crippen LogP contribution in [-0.2, 0) is 7.05 Å². The molecule has 0 aliphatic carbocycles. The van der Waals surface area contributed by atoms with Crippen LogP contribution in [0, 0.1) is 0 Å². The molecule has 6 heteroatoms.